The van der Waals surface area contributed by atoms with Crippen molar-refractivity contribution in [2.75, 3.05) is 0 Å². The minimum atomic E-state index is 1.14. The third-order valence-corrected chi connectivity index (χ3v) is 12.8. The second kappa shape index (κ2) is 13.2. The van der Waals surface area contributed by atoms with Crippen molar-refractivity contribution in [3.05, 3.63) is 224 Å². The van der Waals surface area contributed by atoms with Gasteiger partial charge in [-0.15, -0.1) is 0 Å². The Morgan fingerprint density at radius 1 is 0.197 bits per heavy atom. The largest absolute Gasteiger partial charge is 0.309 e. The van der Waals surface area contributed by atoms with Crippen LogP contribution in [0, 0.1) is 0 Å². The quantitative estimate of drug-likeness (QED) is 0.165. The van der Waals surface area contributed by atoms with Crippen LogP contribution in [-0.2, 0) is 0 Å². The average Bonchev–Trinajstić information content (AvgIpc) is 3.96. The van der Waals surface area contributed by atoms with Crippen LogP contribution in [0.2, 0.25) is 0 Å². The van der Waals surface area contributed by atoms with Crippen LogP contribution in [0.3, 0.4) is 0 Å². The molecule has 0 unspecified atom stereocenters. The number of hydrogen-bond acceptors (Lipinski definition) is 0. The van der Waals surface area contributed by atoms with E-state index in [4.69, 9.17) is 0 Å². The van der Waals surface area contributed by atoms with Gasteiger partial charge in [0.1, 0.15) is 0 Å². The maximum Gasteiger partial charge on any atom is 0.0548 e. The highest BCUT2D eigenvalue weighted by Crippen LogP contribution is 2.42. The first-order chi connectivity index (χ1) is 30.2. The van der Waals surface area contributed by atoms with Crippen LogP contribution >= 0.6 is 0 Å². The van der Waals surface area contributed by atoms with E-state index < -0.39 is 0 Å². The molecule has 0 saturated heterocycles. The van der Waals surface area contributed by atoms with Crippen LogP contribution in [-0.4, -0.2) is 13.7 Å². The van der Waals surface area contributed by atoms with Crippen LogP contribution in [0.15, 0.2) is 224 Å². The molecule has 13 aromatic rings. The van der Waals surface area contributed by atoms with E-state index in [2.05, 4.69) is 238 Å². The Balaban J connectivity index is 1.06. The smallest absolute Gasteiger partial charge is 0.0548 e. The lowest BCUT2D eigenvalue weighted by molar-refractivity contribution is 1.17. The van der Waals surface area contributed by atoms with Crippen LogP contribution in [0.1, 0.15) is 0 Å². The minimum Gasteiger partial charge on any atom is -0.309 e. The van der Waals surface area contributed by atoms with Crippen LogP contribution in [0.5, 0.6) is 0 Å². The van der Waals surface area contributed by atoms with E-state index in [-0.39, 0.29) is 0 Å². The van der Waals surface area contributed by atoms with Gasteiger partial charge in [-0.3, -0.25) is 0 Å². The number of aromatic nitrogens is 3. The molecule has 13 rings (SSSR count). The second-order valence-electron chi connectivity index (χ2n) is 16.2. The zero-order valence-electron chi connectivity index (χ0n) is 33.2. The molecule has 0 aliphatic carbocycles. The molecule has 61 heavy (non-hydrogen) atoms. The third kappa shape index (κ3) is 5.17. The van der Waals surface area contributed by atoms with Gasteiger partial charge in [0.25, 0.3) is 0 Å². The molecule has 0 radical (unpaired) electrons. The van der Waals surface area contributed by atoms with Gasteiger partial charge in [-0.25, -0.2) is 0 Å². The Hall–Kier alpha value is -8.14. The molecule has 3 heterocycles. The molecule has 0 aliphatic rings. The van der Waals surface area contributed by atoms with Crippen LogP contribution in [0.4, 0.5) is 0 Å². The van der Waals surface area contributed by atoms with Gasteiger partial charge in [0.2, 0.25) is 0 Å². The highest BCUT2D eigenvalue weighted by Gasteiger charge is 2.20. The lowest BCUT2D eigenvalue weighted by Crippen LogP contribution is -1.95. The second-order valence-corrected chi connectivity index (χ2v) is 16.2. The van der Waals surface area contributed by atoms with Gasteiger partial charge < -0.3 is 13.7 Å². The maximum absolute atomic E-state index is 2.47. The van der Waals surface area contributed by atoms with Crippen molar-refractivity contribution in [3.8, 4) is 39.3 Å². The van der Waals surface area contributed by atoms with E-state index in [9.17, 15) is 0 Å². The Bertz CT molecular complexity index is 3860. The summed E-state index contributed by atoms with van der Waals surface area (Å²) in [5.41, 5.74) is 15.4. The van der Waals surface area contributed by atoms with E-state index >= 15 is 0 Å². The first-order valence-electron chi connectivity index (χ1n) is 21.0. The van der Waals surface area contributed by atoms with Crippen molar-refractivity contribution in [2.24, 2.45) is 0 Å². The van der Waals surface area contributed by atoms with Crippen molar-refractivity contribution in [2.45, 2.75) is 0 Å². The van der Waals surface area contributed by atoms with Crippen molar-refractivity contribution in [3.63, 3.8) is 0 Å². The fourth-order valence-electron chi connectivity index (χ4n) is 10.00. The lowest BCUT2D eigenvalue weighted by atomic mass is 10.00. The highest BCUT2D eigenvalue weighted by molar-refractivity contribution is 6.20. The van der Waals surface area contributed by atoms with Gasteiger partial charge in [0, 0.05) is 49.4 Å². The third-order valence-electron chi connectivity index (χ3n) is 12.8. The Morgan fingerprint density at radius 3 is 1.33 bits per heavy atom. The molecule has 3 heteroatoms. The number of fused-ring (bicyclic) bond motifs is 10. The average molecular weight is 776 g/mol. The zero-order chi connectivity index (χ0) is 40.0. The number of rotatable bonds is 5. The standard InChI is InChI=1S/C58H37N3/c1-3-14-38(15-4-1)41-18-13-21-45(32-41)61-56-31-28-43(35-50(56)52-37-57-51(36-58(52)61)48-23-10-11-24-53(48)59(57)44-19-5-2-6-20-44)42-27-30-55-49(34-42)47-22-9-12-25-54(47)60(55)46-29-26-39-16-7-8-17-40(39)33-46/h1-37H. The predicted octanol–water partition coefficient (Wildman–Crippen LogP) is 15.5. The topological polar surface area (TPSA) is 14.8 Å². The summed E-state index contributed by atoms with van der Waals surface area (Å²) < 4.78 is 7.31. The van der Waals surface area contributed by atoms with Crippen molar-refractivity contribution in [1.29, 1.82) is 0 Å². The summed E-state index contributed by atoms with van der Waals surface area (Å²) in [6.45, 7) is 0. The number of para-hydroxylation sites is 3. The van der Waals surface area contributed by atoms with E-state index in [1.807, 2.05) is 0 Å². The normalized spacial score (nSPS) is 11.9. The summed E-state index contributed by atoms with van der Waals surface area (Å²) in [7, 11) is 0. The molecule has 0 bridgehead atoms. The molecule has 0 amide bonds. The summed E-state index contributed by atoms with van der Waals surface area (Å²) in [6, 6.07) is 82.3. The van der Waals surface area contributed by atoms with E-state index in [0.29, 0.717) is 0 Å². The first kappa shape index (κ1) is 33.8. The van der Waals surface area contributed by atoms with E-state index in [1.54, 1.807) is 0 Å². The number of hydrogen-bond donors (Lipinski definition) is 0. The molecule has 0 fully saturated rings. The van der Waals surface area contributed by atoms with Crippen molar-refractivity contribution >= 4 is 76.2 Å². The molecule has 0 aliphatic heterocycles. The molecular formula is C58H37N3. The zero-order valence-corrected chi connectivity index (χ0v) is 33.2. The Morgan fingerprint density at radius 2 is 0.639 bits per heavy atom. The van der Waals surface area contributed by atoms with Gasteiger partial charge in [-0.2, -0.15) is 0 Å². The summed E-state index contributed by atoms with van der Waals surface area (Å²) in [6.07, 6.45) is 0. The molecular weight excluding hydrogens is 739 g/mol. The van der Waals surface area contributed by atoms with Gasteiger partial charge in [-0.1, -0.05) is 140 Å². The van der Waals surface area contributed by atoms with Crippen LogP contribution in [0.25, 0.3) is 116 Å². The van der Waals surface area contributed by atoms with Crippen molar-refractivity contribution < 1.29 is 0 Å². The van der Waals surface area contributed by atoms with Gasteiger partial charge in [-0.05, 0) is 118 Å². The predicted molar refractivity (Wildman–Crippen MR) is 258 cm³/mol. The summed E-state index contributed by atoms with van der Waals surface area (Å²) in [5, 5.41) is 9.92. The van der Waals surface area contributed by atoms with E-state index in [1.165, 1.54) is 104 Å². The molecule has 3 nitrogen and oxygen atoms in total. The number of benzene rings is 10. The molecule has 0 N–H and O–H groups in total. The molecule has 0 spiro atoms. The van der Waals surface area contributed by atoms with Crippen LogP contribution < -0.4 is 0 Å². The SMILES string of the molecule is c1ccc(-c2cccc(-n3c4ccc(-c5ccc6c(c5)c5ccccc5n6-c5ccc6ccccc6c5)cc4c4cc5c(cc43)c3ccccc3n5-c3ccccc3)c2)cc1. The van der Waals surface area contributed by atoms with Gasteiger partial charge in [0.15, 0.2) is 0 Å². The summed E-state index contributed by atoms with van der Waals surface area (Å²) >= 11 is 0. The minimum absolute atomic E-state index is 1.14. The van der Waals surface area contributed by atoms with Gasteiger partial charge >= 0.3 is 0 Å². The summed E-state index contributed by atoms with van der Waals surface area (Å²) in [5.74, 6) is 0. The molecule has 0 saturated carbocycles. The van der Waals surface area contributed by atoms with E-state index in [0.717, 1.165) is 11.4 Å². The molecule has 284 valence electrons. The fraction of sp³-hybridized carbons (Fsp3) is 0. The molecule has 10 aromatic carbocycles. The van der Waals surface area contributed by atoms with Crippen molar-refractivity contribution in [1.82, 2.24) is 13.7 Å². The first-order valence-corrected chi connectivity index (χ1v) is 21.0. The summed E-state index contributed by atoms with van der Waals surface area (Å²) in [4.78, 5) is 0. The fourth-order valence-corrected chi connectivity index (χ4v) is 10.00. The Labute approximate surface area is 352 Å². The monoisotopic (exact) mass is 775 g/mol. The number of nitrogens with zero attached hydrogens (tertiary/aromatic N) is 3. The Kier molecular flexibility index (Phi) is 7.31. The highest BCUT2D eigenvalue weighted by atomic mass is 15.0. The maximum atomic E-state index is 2.47. The van der Waals surface area contributed by atoms with Gasteiger partial charge in [0.05, 0.1) is 33.1 Å². The molecule has 3 aromatic heterocycles. The molecule has 0 atom stereocenters. The lowest BCUT2D eigenvalue weighted by Gasteiger charge is -2.11.